The Kier molecular flexibility index (Phi) is 4.80. The molecule has 29 heavy (non-hydrogen) atoms. The van der Waals surface area contributed by atoms with Crippen LogP contribution in [0.4, 0.5) is 17.5 Å². The maximum absolute atomic E-state index is 5.49. The number of nitrogens with one attached hydrogen (secondary N) is 1. The molecule has 3 heterocycles. The van der Waals surface area contributed by atoms with Crippen LogP contribution < -0.4 is 10.2 Å². The topological polar surface area (TPSA) is 68.1 Å². The molecule has 0 unspecified atom stereocenters. The summed E-state index contributed by atoms with van der Waals surface area (Å²) in [6.07, 6.45) is 1.84. The number of rotatable bonds is 5. The molecular weight excluding hydrogens is 364 g/mol. The molecule has 2 aromatic carbocycles. The van der Waals surface area contributed by atoms with Crippen molar-refractivity contribution in [3.05, 3.63) is 72.6 Å². The third-order valence-corrected chi connectivity index (χ3v) is 4.98. The predicted octanol–water partition coefficient (Wildman–Crippen LogP) is 3.45. The monoisotopic (exact) mass is 386 g/mol. The van der Waals surface area contributed by atoms with Gasteiger partial charge in [0.2, 0.25) is 5.95 Å². The third-order valence-electron chi connectivity index (χ3n) is 4.98. The van der Waals surface area contributed by atoms with Crippen LogP contribution in [-0.2, 0) is 11.3 Å². The molecule has 0 atom stereocenters. The normalized spacial score (nSPS) is 14.3. The van der Waals surface area contributed by atoms with Gasteiger partial charge in [0.15, 0.2) is 17.0 Å². The molecule has 0 amide bonds. The van der Waals surface area contributed by atoms with E-state index in [0.29, 0.717) is 25.7 Å². The van der Waals surface area contributed by atoms with Crippen molar-refractivity contribution in [1.82, 2.24) is 19.5 Å². The summed E-state index contributed by atoms with van der Waals surface area (Å²) in [5.41, 5.74) is 3.76. The van der Waals surface area contributed by atoms with Crippen molar-refractivity contribution in [3.8, 4) is 0 Å². The molecule has 1 saturated heterocycles. The second kappa shape index (κ2) is 7.89. The van der Waals surface area contributed by atoms with Gasteiger partial charge in [0.05, 0.1) is 26.1 Å². The highest BCUT2D eigenvalue weighted by Gasteiger charge is 2.19. The van der Waals surface area contributed by atoms with Crippen LogP contribution in [0.15, 0.2) is 67.0 Å². The Bertz CT molecular complexity index is 1090. The van der Waals surface area contributed by atoms with E-state index >= 15 is 0 Å². The van der Waals surface area contributed by atoms with Gasteiger partial charge in [-0.3, -0.25) is 0 Å². The Labute approximate surface area is 169 Å². The van der Waals surface area contributed by atoms with Crippen LogP contribution in [0, 0.1) is 0 Å². The Morgan fingerprint density at radius 3 is 2.38 bits per heavy atom. The molecule has 0 radical (unpaired) electrons. The molecule has 7 heteroatoms. The Hall–Kier alpha value is -3.45. The average Bonchev–Trinajstić information content (AvgIpc) is 3.19. The minimum atomic E-state index is 0.687. The van der Waals surface area contributed by atoms with Crippen LogP contribution in [0.25, 0.3) is 11.2 Å². The summed E-state index contributed by atoms with van der Waals surface area (Å²) >= 11 is 0. The number of imidazole rings is 1. The molecule has 1 aliphatic rings. The van der Waals surface area contributed by atoms with Crippen molar-refractivity contribution in [2.45, 2.75) is 6.54 Å². The summed E-state index contributed by atoms with van der Waals surface area (Å²) in [5, 5.41) is 3.42. The smallest absolute Gasteiger partial charge is 0.229 e. The van der Waals surface area contributed by atoms with E-state index in [4.69, 9.17) is 14.7 Å². The van der Waals surface area contributed by atoms with E-state index in [0.717, 1.165) is 35.8 Å². The molecule has 2 aromatic heterocycles. The number of hydrogen-bond donors (Lipinski definition) is 1. The lowest BCUT2D eigenvalue weighted by atomic mass is 10.2. The van der Waals surface area contributed by atoms with E-state index in [-0.39, 0.29) is 0 Å². The van der Waals surface area contributed by atoms with Gasteiger partial charge < -0.3 is 19.5 Å². The molecule has 0 aliphatic carbocycles. The molecule has 5 rings (SSSR count). The molecule has 1 aliphatic heterocycles. The van der Waals surface area contributed by atoms with Gasteiger partial charge in [-0.1, -0.05) is 48.5 Å². The predicted molar refractivity (Wildman–Crippen MR) is 114 cm³/mol. The van der Waals surface area contributed by atoms with E-state index < -0.39 is 0 Å². The van der Waals surface area contributed by atoms with Crippen molar-refractivity contribution in [2.24, 2.45) is 0 Å². The first-order valence-electron chi connectivity index (χ1n) is 9.78. The van der Waals surface area contributed by atoms with Crippen LogP contribution >= 0.6 is 0 Å². The molecular formula is C22H22N6O. The van der Waals surface area contributed by atoms with Gasteiger partial charge in [-0.25, -0.2) is 4.98 Å². The van der Waals surface area contributed by atoms with Gasteiger partial charge in [-0.05, 0) is 17.7 Å². The summed E-state index contributed by atoms with van der Waals surface area (Å²) in [5.74, 6) is 1.42. The van der Waals surface area contributed by atoms with Crippen LogP contribution in [0.5, 0.6) is 0 Å². The molecule has 1 N–H and O–H groups in total. The Morgan fingerprint density at radius 1 is 0.897 bits per heavy atom. The fourth-order valence-electron chi connectivity index (χ4n) is 3.48. The second-order valence-electron chi connectivity index (χ2n) is 6.99. The van der Waals surface area contributed by atoms with Crippen molar-refractivity contribution in [1.29, 1.82) is 0 Å². The minimum absolute atomic E-state index is 0.687. The number of morpholine rings is 1. The van der Waals surface area contributed by atoms with Crippen LogP contribution in [0.2, 0.25) is 0 Å². The van der Waals surface area contributed by atoms with Gasteiger partial charge in [0, 0.05) is 18.8 Å². The first-order chi connectivity index (χ1) is 14.4. The highest BCUT2D eigenvalue weighted by molar-refractivity contribution is 5.86. The lowest BCUT2D eigenvalue weighted by Gasteiger charge is -2.27. The number of aromatic nitrogens is 4. The van der Waals surface area contributed by atoms with E-state index in [1.54, 1.807) is 0 Å². The molecule has 1 fully saturated rings. The highest BCUT2D eigenvalue weighted by Crippen LogP contribution is 2.26. The first-order valence-corrected chi connectivity index (χ1v) is 9.78. The fourth-order valence-corrected chi connectivity index (χ4v) is 3.48. The third kappa shape index (κ3) is 3.77. The standard InChI is InChI=1S/C22H22N6O/c1-3-7-17(8-4-1)15-28-16-23-19-20(24-18-9-5-2-6-10-18)25-22(26-21(19)28)27-11-13-29-14-12-27/h1-10,16H,11-15H2,(H,24,25,26). The molecule has 4 aromatic rings. The second-order valence-corrected chi connectivity index (χ2v) is 6.99. The SMILES string of the molecule is c1ccc(Cn2cnc3c(Nc4ccccc4)nc(N4CCOCC4)nc32)cc1. The molecule has 0 spiro atoms. The number of fused-ring (bicyclic) bond motifs is 1. The number of anilines is 3. The first kappa shape index (κ1) is 17.6. The molecule has 0 bridgehead atoms. The van der Waals surface area contributed by atoms with E-state index in [1.165, 1.54) is 5.56 Å². The zero-order valence-electron chi connectivity index (χ0n) is 16.0. The zero-order chi connectivity index (χ0) is 19.5. The maximum atomic E-state index is 5.49. The van der Waals surface area contributed by atoms with Crippen molar-refractivity contribution < 1.29 is 4.74 Å². The zero-order valence-corrected chi connectivity index (χ0v) is 16.0. The van der Waals surface area contributed by atoms with Crippen LogP contribution in [0.1, 0.15) is 5.56 Å². The van der Waals surface area contributed by atoms with E-state index in [1.807, 2.05) is 54.9 Å². The van der Waals surface area contributed by atoms with Crippen LogP contribution in [0.3, 0.4) is 0 Å². The number of benzene rings is 2. The summed E-state index contributed by atoms with van der Waals surface area (Å²) in [6.45, 7) is 3.64. The van der Waals surface area contributed by atoms with Gasteiger partial charge in [-0.2, -0.15) is 9.97 Å². The van der Waals surface area contributed by atoms with E-state index in [2.05, 4.69) is 31.9 Å². The van der Waals surface area contributed by atoms with Gasteiger partial charge in [-0.15, -0.1) is 0 Å². The van der Waals surface area contributed by atoms with E-state index in [9.17, 15) is 0 Å². The summed E-state index contributed by atoms with van der Waals surface area (Å²) in [6, 6.07) is 20.4. The quantitative estimate of drug-likeness (QED) is 0.567. The number of hydrogen-bond acceptors (Lipinski definition) is 6. The van der Waals surface area contributed by atoms with Crippen LogP contribution in [-0.4, -0.2) is 45.8 Å². The molecule has 146 valence electrons. The fraction of sp³-hybridized carbons (Fsp3) is 0.227. The number of nitrogens with zero attached hydrogens (tertiary/aromatic N) is 5. The number of ether oxygens (including phenoxy) is 1. The Morgan fingerprint density at radius 2 is 1.62 bits per heavy atom. The minimum Gasteiger partial charge on any atom is -0.378 e. The Balaban J connectivity index is 1.58. The van der Waals surface area contributed by atoms with Crippen molar-refractivity contribution in [3.63, 3.8) is 0 Å². The summed E-state index contributed by atoms with van der Waals surface area (Å²) < 4.78 is 7.57. The lowest BCUT2D eigenvalue weighted by molar-refractivity contribution is 0.122. The van der Waals surface area contributed by atoms with Crippen molar-refractivity contribution >= 4 is 28.6 Å². The summed E-state index contributed by atoms with van der Waals surface area (Å²) in [7, 11) is 0. The maximum Gasteiger partial charge on any atom is 0.229 e. The van der Waals surface area contributed by atoms with Gasteiger partial charge >= 0.3 is 0 Å². The molecule has 0 saturated carbocycles. The highest BCUT2D eigenvalue weighted by atomic mass is 16.5. The van der Waals surface area contributed by atoms with Gasteiger partial charge in [0.25, 0.3) is 0 Å². The van der Waals surface area contributed by atoms with Gasteiger partial charge in [0.1, 0.15) is 0 Å². The largest absolute Gasteiger partial charge is 0.378 e. The lowest BCUT2D eigenvalue weighted by Crippen LogP contribution is -2.37. The van der Waals surface area contributed by atoms with Crippen molar-refractivity contribution in [2.75, 3.05) is 36.5 Å². The summed E-state index contributed by atoms with van der Waals surface area (Å²) in [4.78, 5) is 16.5. The number of para-hydroxylation sites is 1. The molecule has 7 nitrogen and oxygen atoms in total. The average molecular weight is 386 g/mol.